The number of pyridine rings is 6. The highest BCUT2D eigenvalue weighted by atomic mass is 127. The van der Waals surface area contributed by atoms with Gasteiger partial charge in [0, 0.05) is 66.3 Å². The van der Waals surface area contributed by atoms with Gasteiger partial charge in [0.05, 0.1) is 81.4 Å². The molecule has 3 saturated heterocycles. The fourth-order valence-corrected chi connectivity index (χ4v) is 10.2. The van der Waals surface area contributed by atoms with Gasteiger partial charge in [0.2, 0.25) is 0 Å². The predicted molar refractivity (Wildman–Crippen MR) is 363 cm³/mol. The van der Waals surface area contributed by atoms with Crippen LogP contribution in [0.4, 0.5) is 34.9 Å². The second kappa shape index (κ2) is 38.7. The number of nitrogens with one attached hydrogen (secondary N) is 1. The van der Waals surface area contributed by atoms with Crippen molar-refractivity contribution >= 4 is 79.0 Å². The zero-order valence-corrected chi connectivity index (χ0v) is 55.3. The Morgan fingerprint density at radius 1 is 0.579 bits per heavy atom. The fourth-order valence-electron chi connectivity index (χ4n) is 9.08. The maximum atomic E-state index is 12.3. The number of halogens is 1. The molecule has 7 aromatic rings. The van der Waals surface area contributed by atoms with Crippen LogP contribution in [0.2, 0.25) is 0 Å². The lowest BCUT2D eigenvalue weighted by Crippen LogP contribution is -2.26. The summed E-state index contributed by atoms with van der Waals surface area (Å²) in [7, 11) is -0.641. The van der Waals surface area contributed by atoms with Crippen molar-refractivity contribution < 1.29 is 71.9 Å². The molecule has 95 heavy (non-hydrogen) atoms. The summed E-state index contributed by atoms with van der Waals surface area (Å²) >= 11 is 2.18. The van der Waals surface area contributed by atoms with Gasteiger partial charge >= 0.3 is 0 Å². The summed E-state index contributed by atoms with van der Waals surface area (Å²) in [4.78, 5) is 37.2. The lowest BCUT2D eigenvalue weighted by molar-refractivity contribution is -0.124. The van der Waals surface area contributed by atoms with E-state index in [9.17, 15) is 18.3 Å². The summed E-state index contributed by atoms with van der Waals surface area (Å²) in [6.07, 6.45) is 14.7. The monoisotopic (exact) mass is 1440 g/mol. The van der Waals surface area contributed by atoms with Gasteiger partial charge in [-0.25, -0.2) is 34.7 Å². The highest BCUT2D eigenvalue weighted by Gasteiger charge is 2.35. The van der Waals surface area contributed by atoms with Crippen LogP contribution in [0, 0.1) is 10.5 Å². The van der Waals surface area contributed by atoms with Crippen LogP contribution < -0.4 is 39.2 Å². The topological polar surface area (TPSA) is 475 Å². The third-order valence-corrected chi connectivity index (χ3v) is 16.1. The number of hydrogen-bond donors (Lipinski definition) is 12. The smallest absolute Gasteiger partial charge is 0.276 e. The highest BCUT2D eigenvalue weighted by molar-refractivity contribution is 14.1. The van der Waals surface area contributed by atoms with Gasteiger partial charge < -0.3 is 93.1 Å². The predicted octanol–water partition coefficient (Wildman–Crippen LogP) is 4.53. The fraction of sp³-hybridized carbons (Fsp3) is 0.344. The van der Waals surface area contributed by atoms with Crippen molar-refractivity contribution in [2.24, 2.45) is 5.10 Å². The largest absolute Gasteiger partial charge is 0.498 e. The summed E-state index contributed by atoms with van der Waals surface area (Å²) in [5.74, 6) is 3.53. The minimum Gasteiger partial charge on any atom is -0.498 e. The van der Waals surface area contributed by atoms with E-state index in [-0.39, 0.29) is 92.9 Å². The van der Waals surface area contributed by atoms with Crippen LogP contribution >= 0.6 is 22.6 Å². The van der Waals surface area contributed by atoms with Gasteiger partial charge in [0.25, 0.3) is 10.0 Å². The molecular weight excluding hydrogens is 1360 g/mol. The molecular formula is C64H81IN14O15S. The zero-order valence-electron chi connectivity index (χ0n) is 52.3. The molecule has 0 saturated carbocycles. The van der Waals surface area contributed by atoms with Gasteiger partial charge in [0.1, 0.15) is 71.2 Å². The van der Waals surface area contributed by atoms with Crippen molar-refractivity contribution in [1.82, 2.24) is 34.7 Å². The van der Waals surface area contributed by atoms with Crippen LogP contribution in [-0.2, 0) is 48.0 Å². The number of nitrogens with two attached hydrogens (primary N) is 6. The Balaban J connectivity index is 0.000000183. The van der Waals surface area contributed by atoms with Crippen LogP contribution in [0.3, 0.4) is 0 Å². The number of hydrogen-bond acceptors (Lipinski definition) is 28. The molecule has 12 rings (SSSR count). The summed E-state index contributed by atoms with van der Waals surface area (Å²) in [6, 6.07) is 29.7. The molecule has 0 amide bonds. The van der Waals surface area contributed by atoms with E-state index in [1.165, 1.54) is 12.1 Å². The van der Waals surface area contributed by atoms with Crippen molar-refractivity contribution in [2.45, 2.75) is 98.5 Å². The number of aliphatic hydroxyl groups is 5. The molecule has 0 bridgehead atoms. The number of nitrogen functional groups attached to an aromatic ring is 6. The van der Waals surface area contributed by atoms with E-state index in [0.29, 0.717) is 52.8 Å². The van der Waals surface area contributed by atoms with Gasteiger partial charge in [-0.15, -0.1) is 0 Å². The number of aliphatic hydroxyl groups excluding tert-OH is 5. The second-order valence-corrected chi connectivity index (χ2v) is 24.0. The molecule has 29 nitrogen and oxygen atoms in total. The molecule has 510 valence electrons. The number of ketones is 1. The zero-order chi connectivity index (χ0) is 68.9. The molecule has 0 aliphatic carbocycles. The summed E-state index contributed by atoms with van der Waals surface area (Å²) < 4.78 is 63.1. The highest BCUT2D eigenvalue weighted by Crippen LogP contribution is 2.35. The number of nitrogens with zero attached hydrogens (tertiary/aromatic N) is 7. The quantitative estimate of drug-likeness (QED) is 0.0526. The average Bonchev–Trinajstić information content (AvgIpc) is 1.82. The van der Waals surface area contributed by atoms with Crippen LogP contribution in [0.1, 0.15) is 77.9 Å². The van der Waals surface area contributed by atoms with E-state index < -0.39 is 28.3 Å². The number of aromatic nitrogens is 6. The van der Waals surface area contributed by atoms with Gasteiger partial charge in [-0.05, 0) is 132 Å². The van der Waals surface area contributed by atoms with Gasteiger partial charge in [-0.2, -0.15) is 13.5 Å². The van der Waals surface area contributed by atoms with Crippen LogP contribution in [0.5, 0.6) is 0 Å². The molecule has 0 unspecified atom stereocenters. The second-order valence-electron chi connectivity index (χ2n) is 21.1. The molecule has 10 atom stereocenters. The third-order valence-electron chi connectivity index (χ3n) is 14.3. The minimum atomic E-state index is -3.79. The van der Waals surface area contributed by atoms with E-state index in [1.807, 2.05) is 43.3 Å². The number of carbonyl (C=O) groups excluding carboxylic acids is 1. The van der Waals surface area contributed by atoms with Crippen LogP contribution in [0.25, 0.3) is 0 Å². The molecule has 1 aromatic carbocycles. The van der Waals surface area contributed by atoms with Crippen molar-refractivity contribution in [1.29, 1.82) is 0 Å². The number of Topliss-reactive ketones (excluding diaryl/α,β-unsaturated/α-hetero) is 1. The Kier molecular flexibility index (Phi) is 30.7. The number of methoxy groups -OCH3 is 2. The van der Waals surface area contributed by atoms with Crippen molar-refractivity contribution in [3.05, 3.63) is 196 Å². The minimum absolute atomic E-state index is 0.00546. The number of rotatable bonds is 14. The van der Waals surface area contributed by atoms with Gasteiger partial charge in [0.15, 0.2) is 11.9 Å². The number of sulfonamides is 1. The average molecular weight is 1450 g/mol. The summed E-state index contributed by atoms with van der Waals surface area (Å²) in [5.41, 5.74) is 37.5. The molecule has 3 fully saturated rings. The molecule has 0 radical (unpaired) electrons. The number of carbonyl (C=O) groups is 1. The Morgan fingerprint density at radius 3 is 1.52 bits per heavy atom. The number of anilines is 6. The van der Waals surface area contributed by atoms with E-state index in [2.05, 4.69) is 62.4 Å². The first kappa shape index (κ1) is 75.4. The van der Waals surface area contributed by atoms with E-state index in [1.54, 1.807) is 124 Å². The van der Waals surface area contributed by atoms with Crippen molar-refractivity contribution in [3.8, 4) is 0 Å². The molecule has 5 aliphatic rings. The molecule has 6 aromatic heterocycles. The Morgan fingerprint density at radius 2 is 1.11 bits per heavy atom. The SMILES string of the molecule is COC1=C[C@H](c2ccc(N)nc2)O[C@@H]1CO.CO[C@@H]1C=CO[C@@H]1CO.Cc1ccc(S(=O)(=O)NN=C2C[C@H](c3ccc(N)nc3)O[C@@H]2CO)cc1.Nc1ccc(I)cn1.Nc1ccc([C@H]2CC(=O)[C@@H](CO)O2)cn1.Nc1ccc([C@H]2CC[C@@H](CO)O2)cn1.Nc1ccccn1. The number of benzene rings is 1. The number of hydrazone groups is 1. The Hall–Kier alpha value is -8.58. The van der Waals surface area contributed by atoms with Crippen LogP contribution in [-0.4, -0.2) is 159 Å². The first-order valence-electron chi connectivity index (χ1n) is 29.5. The first-order chi connectivity index (χ1) is 45.7. The first-order valence-corrected chi connectivity index (χ1v) is 32.1. The third kappa shape index (κ3) is 24.3. The van der Waals surface area contributed by atoms with E-state index in [4.69, 9.17) is 88.0 Å². The Bertz CT molecular complexity index is 3590. The standard InChI is InChI=1S/C17H20N4O4S.C11H14N2O3.C10H12N2O3.C10H14N2O2.C6H10O3.C5H5IN2.C5H6N2/c1-11-2-5-13(6-3-11)26(23,24)21-20-14-8-15(25-16(14)10-22)12-4-7-17(18)19-9-12;1-15-9-4-8(16-10(9)6-14)7-2-3-11(12)13-5-7;11-10-2-1-6(4-12-10)8-3-7(14)9(5-13)15-8;11-10-4-1-7(5-12-10)9-3-2-8(6-13)14-9;1-8-5-2-3-9-6(5)4-7;6-4-1-2-5(7)8-3-4;6-5-3-1-2-4-7-5/h2-7,9,15-16,21-22H,8,10H2,1H3,(H2,18,19);2-5,8,10,14H,6H2,1H3,(H2,12,13);1-2,4,8-9,13H,3,5H2,(H2,11,12);1,4-5,8-9,13H,2-3,6H2,(H2,11,12);2-3,5-7H,4H2,1H3;1-3H,(H2,7,8);1-4H,(H2,6,7)/t15-,16-;8-,10-;8-,9-;8-,9+;5-,6-;;/m11101../s1. The number of ether oxygens (including phenoxy) is 7. The summed E-state index contributed by atoms with van der Waals surface area (Å²) in [6.45, 7) is 1.31. The number of aryl methyl sites for hydroxylation is 1. The van der Waals surface area contributed by atoms with Crippen molar-refractivity contribution in [2.75, 3.05) is 81.7 Å². The molecule has 18 N–H and O–H groups in total. The van der Waals surface area contributed by atoms with Crippen LogP contribution in [0.15, 0.2) is 174 Å². The molecule has 5 aliphatic heterocycles. The lowest BCUT2D eigenvalue weighted by atomic mass is 10.1. The van der Waals surface area contributed by atoms with Crippen molar-refractivity contribution in [3.63, 3.8) is 0 Å². The maximum absolute atomic E-state index is 12.3. The van der Waals surface area contributed by atoms with E-state index >= 15 is 0 Å². The molecule has 0 spiro atoms. The van der Waals surface area contributed by atoms with Gasteiger partial charge in [-0.1, -0.05) is 48.0 Å². The molecule has 31 heteroatoms. The maximum Gasteiger partial charge on any atom is 0.276 e. The Labute approximate surface area is 563 Å². The summed E-state index contributed by atoms with van der Waals surface area (Å²) in [5, 5.41) is 49.0. The van der Waals surface area contributed by atoms with Gasteiger partial charge in [-0.3, -0.25) is 4.79 Å². The van der Waals surface area contributed by atoms with E-state index in [0.717, 1.165) is 44.2 Å². The lowest BCUT2D eigenvalue weighted by Gasteiger charge is -2.13. The molecule has 11 heterocycles. The normalized spacial score (nSPS) is 22.6.